The van der Waals surface area contributed by atoms with Crippen molar-refractivity contribution >= 4 is 17.6 Å². The molecule has 0 fully saturated rings. The average Bonchev–Trinajstić information content (AvgIpc) is 2.34. The minimum atomic E-state index is 0.889. The van der Waals surface area contributed by atoms with Gasteiger partial charge < -0.3 is 5.32 Å². The number of nitrogens with zero attached hydrogens (tertiary/aromatic N) is 2. The molecule has 0 spiro atoms. The van der Waals surface area contributed by atoms with Crippen LogP contribution in [0.25, 0.3) is 0 Å². The van der Waals surface area contributed by atoms with Gasteiger partial charge in [0.25, 0.3) is 0 Å². The van der Waals surface area contributed by atoms with E-state index in [9.17, 15) is 0 Å². The zero-order valence-electron chi connectivity index (χ0n) is 11.3. The lowest BCUT2D eigenvalue weighted by Gasteiger charge is -2.12. The van der Waals surface area contributed by atoms with E-state index in [0.29, 0.717) is 0 Å². The van der Waals surface area contributed by atoms with E-state index >= 15 is 0 Å². The quantitative estimate of drug-likeness (QED) is 0.457. The van der Waals surface area contributed by atoms with Crippen LogP contribution in [0.5, 0.6) is 0 Å². The second-order valence-corrected chi connectivity index (χ2v) is 5.09. The molecule has 0 aliphatic rings. The molecule has 1 heterocycles. The lowest BCUT2D eigenvalue weighted by atomic mass is 10.3. The smallest absolute Gasteiger partial charge is 0.133 e. The number of anilines is 1. The van der Waals surface area contributed by atoms with Gasteiger partial charge >= 0.3 is 0 Å². The lowest BCUT2D eigenvalue weighted by Crippen LogP contribution is -2.07. The van der Waals surface area contributed by atoms with Gasteiger partial charge in [0.05, 0.1) is 0 Å². The third-order valence-electron chi connectivity index (χ3n) is 2.54. The van der Waals surface area contributed by atoms with Gasteiger partial charge in [0.15, 0.2) is 0 Å². The molecule has 3 nitrogen and oxygen atoms in total. The zero-order valence-corrected chi connectivity index (χ0v) is 12.2. The van der Waals surface area contributed by atoms with Crippen LogP contribution >= 0.6 is 11.8 Å². The van der Waals surface area contributed by atoms with Gasteiger partial charge in [-0.25, -0.2) is 9.97 Å². The molecule has 1 N–H and O–H groups in total. The van der Waals surface area contributed by atoms with Crippen molar-refractivity contribution < 1.29 is 0 Å². The molecule has 1 aromatic rings. The van der Waals surface area contributed by atoms with Gasteiger partial charge in [0.1, 0.15) is 16.7 Å². The summed E-state index contributed by atoms with van der Waals surface area (Å²) in [5.41, 5.74) is 1.19. The second-order valence-electron chi connectivity index (χ2n) is 4.00. The highest BCUT2D eigenvalue weighted by atomic mass is 32.2. The third kappa shape index (κ3) is 4.19. The molecule has 0 bridgehead atoms. The predicted octanol–water partition coefficient (Wildman–Crippen LogP) is 3.67. The minimum Gasteiger partial charge on any atom is -0.370 e. The number of aromatic nitrogens is 2. The number of hydrogen-bond donors (Lipinski definition) is 1. The van der Waals surface area contributed by atoms with Crippen LogP contribution in [-0.2, 0) is 6.42 Å². The van der Waals surface area contributed by atoms with Crippen molar-refractivity contribution in [2.45, 2.75) is 52.0 Å². The Hall–Kier alpha value is -0.770. The van der Waals surface area contributed by atoms with E-state index in [-0.39, 0.29) is 0 Å². The van der Waals surface area contributed by atoms with Crippen LogP contribution in [0.2, 0.25) is 0 Å². The van der Waals surface area contributed by atoms with E-state index in [4.69, 9.17) is 0 Å². The number of thioether (sulfide) groups is 1. The Bertz CT molecular complexity index is 353. The highest BCUT2D eigenvalue weighted by Crippen LogP contribution is 2.25. The number of hydrogen-bond acceptors (Lipinski definition) is 4. The van der Waals surface area contributed by atoms with E-state index in [0.717, 1.165) is 35.4 Å². The molecule has 0 radical (unpaired) electrons. The maximum atomic E-state index is 4.62. The monoisotopic (exact) mass is 253 g/mol. The van der Waals surface area contributed by atoms with Crippen LogP contribution in [-0.4, -0.2) is 22.3 Å². The Morgan fingerprint density at radius 1 is 1.18 bits per heavy atom. The Kier molecular flexibility index (Phi) is 6.34. The fourth-order valence-corrected chi connectivity index (χ4v) is 2.60. The molecule has 0 saturated heterocycles. The summed E-state index contributed by atoms with van der Waals surface area (Å²) in [6.07, 6.45) is 3.37. The number of aryl methyl sites for hydroxylation is 1. The van der Waals surface area contributed by atoms with Crippen molar-refractivity contribution in [2.75, 3.05) is 17.6 Å². The van der Waals surface area contributed by atoms with Crippen molar-refractivity contribution in [1.82, 2.24) is 9.97 Å². The summed E-state index contributed by atoms with van der Waals surface area (Å²) in [6, 6.07) is 0. The van der Waals surface area contributed by atoms with Gasteiger partial charge in [-0.2, -0.15) is 0 Å². The number of unbranched alkanes of at least 4 members (excludes halogenated alkanes) is 1. The van der Waals surface area contributed by atoms with Crippen LogP contribution in [0.4, 0.5) is 5.82 Å². The molecule has 0 aromatic carbocycles. The molecule has 96 valence electrons. The van der Waals surface area contributed by atoms with Crippen molar-refractivity contribution in [3.8, 4) is 0 Å². The fraction of sp³-hybridized carbons (Fsp3) is 0.692. The molecule has 0 unspecified atom stereocenters. The third-order valence-corrected chi connectivity index (χ3v) is 3.71. The Labute approximate surface area is 109 Å². The molecule has 0 amide bonds. The van der Waals surface area contributed by atoms with Crippen molar-refractivity contribution in [3.63, 3.8) is 0 Å². The van der Waals surface area contributed by atoms with E-state index in [1.165, 1.54) is 18.4 Å². The SMILES string of the molecule is CCCCSc1nc(CC)nc(NCC)c1C. The van der Waals surface area contributed by atoms with Gasteiger partial charge in [-0.15, -0.1) is 11.8 Å². The second kappa shape index (κ2) is 7.54. The Balaban J connectivity index is 2.89. The first-order valence-corrected chi connectivity index (χ1v) is 7.45. The highest BCUT2D eigenvalue weighted by molar-refractivity contribution is 7.99. The van der Waals surface area contributed by atoms with Gasteiger partial charge in [-0.3, -0.25) is 0 Å². The molecule has 17 heavy (non-hydrogen) atoms. The molecular weight excluding hydrogens is 230 g/mol. The number of rotatable bonds is 7. The highest BCUT2D eigenvalue weighted by Gasteiger charge is 2.09. The van der Waals surface area contributed by atoms with Crippen LogP contribution in [0.3, 0.4) is 0 Å². The van der Waals surface area contributed by atoms with Crippen LogP contribution in [0.15, 0.2) is 5.03 Å². The maximum absolute atomic E-state index is 4.62. The molecule has 0 aliphatic carbocycles. The molecule has 1 aromatic heterocycles. The van der Waals surface area contributed by atoms with Gasteiger partial charge in [-0.05, 0) is 26.0 Å². The predicted molar refractivity (Wildman–Crippen MR) is 75.9 cm³/mol. The average molecular weight is 253 g/mol. The Morgan fingerprint density at radius 3 is 2.53 bits per heavy atom. The zero-order chi connectivity index (χ0) is 12.7. The molecule has 1 rings (SSSR count). The van der Waals surface area contributed by atoms with E-state index in [1.54, 1.807) is 0 Å². The molecule has 0 aliphatic heterocycles. The number of nitrogens with one attached hydrogen (secondary N) is 1. The fourth-order valence-electron chi connectivity index (χ4n) is 1.49. The summed E-state index contributed by atoms with van der Waals surface area (Å²) >= 11 is 1.85. The molecule has 0 saturated carbocycles. The summed E-state index contributed by atoms with van der Waals surface area (Å²) in [5, 5.41) is 4.46. The van der Waals surface area contributed by atoms with Gasteiger partial charge in [0.2, 0.25) is 0 Å². The molecule has 0 atom stereocenters. The summed E-state index contributed by atoms with van der Waals surface area (Å²) in [4.78, 5) is 9.15. The van der Waals surface area contributed by atoms with Crippen molar-refractivity contribution in [3.05, 3.63) is 11.4 Å². The van der Waals surface area contributed by atoms with Crippen LogP contribution < -0.4 is 5.32 Å². The topological polar surface area (TPSA) is 37.8 Å². The lowest BCUT2D eigenvalue weighted by molar-refractivity contribution is 0.862. The normalized spacial score (nSPS) is 10.6. The first-order valence-electron chi connectivity index (χ1n) is 6.47. The van der Waals surface area contributed by atoms with Crippen LogP contribution in [0.1, 0.15) is 45.0 Å². The van der Waals surface area contributed by atoms with Crippen molar-refractivity contribution in [1.29, 1.82) is 0 Å². The summed E-state index contributed by atoms with van der Waals surface area (Å²) < 4.78 is 0. The first-order chi connectivity index (χ1) is 8.22. The standard InChI is InChI=1S/C13H23N3S/c1-5-8-9-17-13-10(4)12(14-7-3)15-11(6-2)16-13/h5-9H2,1-4H3,(H,14,15,16). The van der Waals surface area contributed by atoms with Crippen molar-refractivity contribution in [2.24, 2.45) is 0 Å². The van der Waals surface area contributed by atoms with E-state index < -0.39 is 0 Å². The largest absolute Gasteiger partial charge is 0.370 e. The summed E-state index contributed by atoms with van der Waals surface area (Å²) in [7, 11) is 0. The molecular formula is C13H23N3S. The summed E-state index contributed by atoms with van der Waals surface area (Å²) in [5.74, 6) is 3.08. The van der Waals surface area contributed by atoms with Gasteiger partial charge in [-0.1, -0.05) is 20.3 Å². The van der Waals surface area contributed by atoms with Gasteiger partial charge in [0, 0.05) is 18.5 Å². The minimum absolute atomic E-state index is 0.889. The maximum Gasteiger partial charge on any atom is 0.133 e. The first kappa shape index (κ1) is 14.3. The Morgan fingerprint density at radius 2 is 1.94 bits per heavy atom. The van der Waals surface area contributed by atoms with E-state index in [1.807, 2.05) is 11.8 Å². The van der Waals surface area contributed by atoms with E-state index in [2.05, 4.69) is 43.0 Å². The van der Waals surface area contributed by atoms with Crippen LogP contribution in [0, 0.1) is 6.92 Å². The summed E-state index contributed by atoms with van der Waals surface area (Å²) in [6.45, 7) is 9.42. The molecule has 4 heteroatoms.